The first-order valence-corrected chi connectivity index (χ1v) is 11.0. The van der Waals surface area contributed by atoms with Gasteiger partial charge in [0.2, 0.25) is 0 Å². The molecule has 1 saturated carbocycles. The van der Waals surface area contributed by atoms with Gasteiger partial charge in [-0.15, -0.1) is 0 Å². The molecule has 3 nitrogen and oxygen atoms in total. The van der Waals surface area contributed by atoms with Crippen LogP contribution in [-0.4, -0.2) is 55.7 Å². The lowest BCUT2D eigenvalue weighted by atomic mass is 9.80. The second-order valence-corrected chi connectivity index (χ2v) is 8.58. The number of fused-ring (bicyclic) bond motifs is 1. The summed E-state index contributed by atoms with van der Waals surface area (Å²) in [6.07, 6.45) is 12.4. The van der Waals surface area contributed by atoms with E-state index < -0.39 is 0 Å². The zero-order valence-electron chi connectivity index (χ0n) is 16.6. The van der Waals surface area contributed by atoms with Crippen LogP contribution in [0.5, 0.6) is 5.75 Å². The molecule has 1 aromatic rings. The molecular weight excluding hydrogens is 320 g/mol. The number of ether oxygens (including phenoxy) is 1. The zero-order chi connectivity index (χ0) is 17.8. The topological polar surface area (TPSA) is 15.7 Å². The van der Waals surface area contributed by atoms with E-state index in [2.05, 4.69) is 28.0 Å². The summed E-state index contributed by atoms with van der Waals surface area (Å²) in [6, 6.07) is 7.55. The van der Waals surface area contributed by atoms with Crippen molar-refractivity contribution in [3.63, 3.8) is 0 Å². The fourth-order valence-electron chi connectivity index (χ4n) is 5.54. The van der Waals surface area contributed by atoms with E-state index in [0.29, 0.717) is 0 Å². The van der Waals surface area contributed by atoms with Crippen LogP contribution in [0, 0.1) is 0 Å². The molecule has 1 aliphatic heterocycles. The summed E-state index contributed by atoms with van der Waals surface area (Å²) in [5.41, 5.74) is 3.05. The van der Waals surface area contributed by atoms with E-state index in [1.165, 1.54) is 96.1 Å². The third-order valence-electron chi connectivity index (χ3n) is 7.10. The van der Waals surface area contributed by atoms with Gasteiger partial charge in [-0.25, -0.2) is 0 Å². The summed E-state index contributed by atoms with van der Waals surface area (Å²) in [6.45, 7) is 6.39. The van der Waals surface area contributed by atoms with E-state index >= 15 is 0 Å². The van der Waals surface area contributed by atoms with Crippen LogP contribution in [0.15, 0.2) is 18.2 Å². The van der Waals surface area contributed by atoms with Crippen molar-refractivity contribution < 1.29 is 4.74 Å². The van der Waals surface area contributed by atoms with E-state index in [9.17, 15) is 0 Å². The maximum atomic E-state index is 5.61. The van der Waals surface area contributed by atoms with E-state index in [1.807, 2.05) is 7.11 Å². The van der Waals surface area contributed by atoms with Crippen LogP contribution in [-0.2, 0) is 6.42 Å². The van der Waals surface area contributed by atoms with Crippen molar-refractivity contribution in [1.29, 1.82) is 0 Å². The van der Waals surface area contributed by atoms with Gasteiger partial charge in [-0.3, -0.25) is 4.90 Å². The van der Waals surface area contributed by atoms with Crippen LogP contribution in [0.2, 0.25) is 0 Å². The largest absolute Gasteiger partial charge is 0.496 e. The minimum Gasteiger partial charge on any atom is -0.496 e. The Bertz CT molecular complexity index is 574. The fourth-order valence-corrected chi connectivity index (χ4v) is 5.54. The SMILES string of the molecule is COc1cccc2c1CCCC2CCN1CCN(C2CCCCC2)CC1. The maximum Gasteiger partial charge on any atom is 0.122 e. The minimum absolute atomic E-state index is 0.727. The Morgan fingerprint density at radius 1 is 0.962 bits per heavy atom. The second-order valence-electron chi connectivity index (χ2n) is 8.58. The smallest absolute Gasteiger partial charge is 0.122 e. The number of benzene rings is 1. The molecule has 0 aromatic heterocycles. The van der Waals surface area contributed by atoms with Gasteiger partial charge in [0, 0.05) is 32.2 Å². The van der Waals surface area contributed by atoms with Gasteiger partial charge in [0.25, 0.3) is 0 Å². The molecule has 1 heterocycles. The van der Waals surface area contributed by atoms with E-state index in [1.54, 1.807) is 5.56 Å². The lowest BCUT2D eigenvalue weighted by Crippen LogP contribution is -2.51. The normalized spacial score (nSPS) is 25.8. The summed E-state index contributed by atoms with van der Waals surface area (Å²) in [4.78, 5) is 5.50. The molecule has 1 aromatic carbocycles. The van der Waals surface area contributed by atoms with Gasteiger partial charge in [-0.1, -0.05) is 31.4 Å². The summed E-state index contributed by atoms with van der Waals surface area (Å²) in [5.74, 6) is 1.83. The van der Waals surface area contributed by atoms with Gasteiger partial charge in [-0.05, 0) is 68.2 Å². The van der Waals surface area contributed by atoms with Crippen LogP contribution in [0.1, 0.15) is 68.4 Å². The van der Waals surface area contributed by atoms with E-state index in [4.69, 9.17) is 4.74 Å². The molecule has 0 N–H and O–H groups in total. The lowest BCUT2D eigenvalue weighted by Gasteiger charge is -2.41. The quantitative estimate of drug-likeness (QED) is 0.775. The summed E-state index contributed by atoms with van der Waals surface area (Å²) in [7, 11) is 1.81. The monoisotopic (exact) mass is 356 g/mol. The number of hydrogen-bond donors (Lipinski definition) is 0. The second kappa shape index (κ2) is 8.75. The highest BCUT2D eigenvalue weighted by Gasteiger charge is 2.27. The van der Waals surface area contributed by atoms with Crippen molar-refractivity contribution in [2.75, 3.05) is 39.8 Å². The Morgan fingerprint density at radius 2 is 1.77 bits per heavy atom. The summed E-state index contributed by atoms with van der Waals surface area (Å²) < 4.78 is 5.61. The summed E-state index contributed by atoms with van der Waals surface area (Å²) >= 11 is 0. The predicted octanol–water partition coefficient (Wildman–Crippen LogP) is 4.46. The Balaban J connectivity index is 1.28. The van der Waals surface area contributed by atoms with Crippen LogP contribution in [0.4, 0.5) is 0 Å². The van der Waals surface area contributed by atoms with Crippen molar-refractivity contribution in [3.8, 4) is 5.75 Å². The van der Waals surface area contributed by atoms with Gasteiger partial charge in [0.05, 0.1) is 7.11 Å². The van der Waals surface area contributed by atoms with Crippen LogP contribution in [0.25, 0.3) is 0 Å². The van der Waals surface area contributed by atoms with Crippen molar-refractivity contribution in [2.45, 2.75) is 69.7 Å². The minimum atomic E-state index is 0.727. The molecule has 0 radical (unpaired) electrons. The molecule has 1 atom stereocenters. The molecule has 2 fully saturated rings. The number of methoxy groups -OCH3 is 1. The molecule has 4 rings (SSSR count). The standard InChI is InChI=1S/C23H36N2O/c1-26-23-12-6-10-21-19(7-5-11-22(21)23)13-14-24-15-17-25(18-16-24)20-8-3-2-4-9-20/h6,10,12,19-20H,2-5,7-9,11,13-18H2,1H3. The Kier molecular flexibility index (Phi) is 6.16. The molecule has 0 amide bonds. The van der Waals surface area contributed by atoms with Crippen LogP contribution < -0.4 is 4.74 Å². The molecule has 2 aliphatic carbocycles. The highest BCUT2D eigenvalue weighted by molar-refractivity contribution is 5.43. The first kappa shape index (κ1) is 18.3. The first-order chi connectivity index (χ1) is 12.8. The predicted molar refractivity (Wildman–Crippen MR) is 108 cm³/mol. The Hall–Kier alpha value is -1.06. The third-order valence-corrected chi connectivity index (χ3v) is 7.10. The third kappa shape index (κ3) is 4.09. The first-order valence-electron chi connectivity index (χ1n) is 11.0. The molecule has 3 aliphatic rings. The molecule has 1 saturated heterocycles. The van der Waals surface area contributed by atoms with Crippen molar-refractivity contribution >= 4 is 0 Å². The van der Waals surface area contributed by atoms with E-state index in [-0.39, 0.29) is 0 Å². The lowest BCUT2D eigenvalue weighted by molar-refractivity contribution is 0.0772. The summed E-state index contributed by atoms with van der Waals surface area (Å²) in [5, 5.41) is 0. The molecule has 0 spiro atoms. The average molecular weight is 357 g/mol. The molecular formula is C23H36N2O. The van der Waals surface area contributed by atoms with Gasteiger partial charge >= 0.3 is 0 Å². The van der Waals surface area contributed by atoms with Gasteiger partial charge in [0.15, 0.2) is 0 Å². The molecule has 3 heteroatoms. The molecule has 26 heavy (non-hydrogen) atoms. The van der Waals surface area contributed by atoms with Gasteiger partial charge < -0.3 is 9.64 Å². The Labute approximate surface area is 159 Å². The van der Waals surface area contributed by atoms with Crippen molar-refractivity contribution in [2.24, 2.45) is 0 Å². The molecule has 0 bridgehead atoms. The number of rotatable bonds is 5. The maximum absolute atomic E-state index is 5.61. The highest BCUT2D eigenvalue weighted by Crippen LogP contribution is 2.38. The number of hydrogen-bond acceptors (Lipinski definition) is 3. The van der Waals surface area contributed by atoms with Gasteiger partial charge in [0.1, 0.15) is 5.75 Å². The number of piperazine rings is 1. The molecule has 1 unspecified atom stereocenters. The van der Waals surface area contributed by atoms with Crippen molar-refractivity contribution in [3.05, 3.63) is 29.3 Å². The number of nitrogens with zero attached hydrogens (tertiary/aromatic N) is 2. The average Bonchev–Trinajstić information content (AvgIpc) is 2.72. The van der Waals surface area contributed by atoms with Gasteiger partial charge in [-0.2, -0.15) is 0 Å². The zero-order valence-corrected chi connectivity index (χ0v) is 16.6. The Morgan fingerprint density at radius 3 is 2.54 bits per heavy atom. The van der Waals surface area contributed by atoms with E-state index in [0.717, 1.165) is 17.7 Å². The highest BCUT2D eigenvalue weighted by atomic mass is 16.5. The fraction of sp³-hybridized carbons (Fsp3) is 0.739. The van der Waals surface area contributed by atoms with Crippen molar-refractivity contribution in [1.82, 2.24) is 9.80 Å². The molecule has 144 valence electrons. The van der Waals surface area contributed by atoms with Crippen LogP contribution in [0.3, 0.4) is 0 Å². The van der Waals surface area contributed by atoms with Crippen LogP contribution >= 0.6 is 0 Å².